The van der Waals surface area contributed by atoms with E-state index in [0.717, 1.165) is 0 Å². The Bertz CT molecular complexity index is 780. The summed E-state index contributed by atoms with van der Waals surface area (Å²) < 4.78 is 4.76. The van der Waals surface area contributed by atoms with Gasteiger partial charge < -0.3 is 25.4 Å². The van der Waals surface area contributed by atoms with Crippen LogP contribution in [0.5, 0.6) is 0 Å². The number of methoxy groups -OCH3 is 1. The van der Waals surface area contributed by atoms with Crippen LogP contribution in [-0.4, -0.2) is 60.1 Å². The quantitative estimate of drug-likeness (QED) is 0.638. The zero-order chi connectivity index (χ0) is 20.2. The van der Waals surface area contributed by atoms with Gasteiger partial charge in [0.2, 0.25) is 0 Å². The number of hydrogen-bond donors (Lipinski definition) is 3. The second kappa shape index (κ2) is 8.22. The van der Waals surface area contributed by atoms with E-state index in [9.17, 15) is 14.4 Å². The molecule has 2 rings (SSSR count). The number of benzene rings is 1. The van der Waals surface area contributed by atoms with Gasteiger partial charge in [-0.2, -0.15) is 0 Å². The number of anilines is 1. The number of nitrogens with one attached hydrogen (secondary N) is 2. The third-order valence-corrected chi connectivity index (χ3v) is 3.87. The Balaban J connectivity index is 2.38. The number of nitrogens with zero attached hydrogens (tertiary/aromatic N) is 1. The van der Waals surface area contributed by atoms with Crippen LogP contribution in [0.25, 0.3) is 0 Å². The van der Waals surface area contributed by atoms with Gasteiger partial charge in [-0.05, 0) is 32.9 Å². The molecule has 0 bridgehead atoms. The van der Waals surface area contributed by atoms with E-state index in [1.165, 1.54) is 12.0 Å². The van der Waals surface area contributed by atoms with Crippen LogP contribution >= 0.6 is 0 Å². The molecule has 1 aromatic carbocycles. The lowest BCUT2D eigenvalue weighted by Gasteiger charge is -2.22. The largest absolute Gasteiger partial charge is 0.466 e. The maximum Gasteiger partial charge on any atom is 0.337 e. The molecule has 1 aromatic rings. The van der Waals surface area contributed by atoms with Gasteiger partial charge in [0.15, 0.2) is 0 Å². The van der Waals surface area contributed by atoms with Gasteiger partial charge >= 0.3 is 5.97 Å². The molecule has 0 radical (unpaired) electrons. The molecule has 0 fully saturated rings. The van der Waals surface area contributed by atoms with E-state index in [4.69, 9.17) is 9.84 Å². The van der Waals surface area contributed by atoms with E-state index in [-0.39, 0.29) is 36.9 Å². The minimum absolute atomic E-state index is 0.0325. The van der Waals surface area contributed by atoms with Crippen molar-refractivity contribution in [1.82, 2.24) is 10.2 Å². The lowest BCUT2D eigenvalue weighted by molar-refractivity contribution is -0.136. The number of β-amino-alcohol motifs (C(OH)–C–C–N with tert-alkyl or cyclic N) is 1. The molecule has 1 aliphatic heterocycles. The molecule has 0 aromatic heterocycles. The van der Waals surface area contributed by atoms with E-state index < -0.39 is 17.4 Å². The Morgan fingerprint density at radius 3 is 2.52 bits per heavy atom. The summed E-state index contributed by atoms with van der Waals surface area (Å²) in [5.41, 5.74) is 0.516. The van der Waals surface area contributed by atoms with Crippen LogP contribution in [0.4, 0.5) is 5.69 Å². The van der Waals surface area contributed by atoms with Crippen molar-refractivity contribution < 1.29 is 24.2 Å². The molecule has 0 spiro atoms. The standard InChI is InChI=1S/C19H25N3O5/c1-19(2,3)21-16(24)12-7-5-6-8-14(12)20-15-13(18(26)27-4)11-22(9-10-23)17(15)25/h5-8,20,23H,9-11H2,1-4H3,(H,21,24). The molecule has 0 atom stereocenters. The highest BCUT2D eigenvalue weighted by Crippen LogP contribution is 2.25. The predicted octanol–water partition coefficient (Wildman–Crippen LogP) is 0.888. The molecule has 146 valence electrons. The fraction of sp³-hybridized carbons (Fsp3) is 0.421. The van der Waals surface area contributed by atoms with Crippen LogP contribution in [0.15, 0.2) is 35.5 Å². The predicted molar refractivity (Wildman–Crippen MR) is 100.0 cm³/mol. The van der Waals surface area contributed by atoms with Crippen molar-refractivity contribution in [2.45, 2.75) is 26.3 Å². The topological polar surface area (TPSA) is 108 Å². The Morgan fingerprint density at radius 2 is 1.93 bits per heavy atom. The van der Waals surface area contributed by atoms with Gasteiger partial charge in [0.05, 0.1) is 37.1 Å². The van der Waals surface area contributed by atoms with Crippen molar-refractivity contribution in [3.63, 3.8) is 0 Å². The summed E-state index contributed by atoms with van der Waals surface area (Å²) in [6.45, 7) is 5.50. The van der Waals surface area contributed by atoms with Gasteiger partial charge in [-0.25, -0.2) is 4.79 Å². The van der Waals surface area contributed by atoms with Crippen molar-refractivity contribution in [2.75, 3.05) is 32.1 Å². The Morgan fingerprint density at radius 1 is 1.26 bits per heavy atom. The monoisotopic (exact) mass is 375 g/mol. The Hall–Kier alpha value is -2.87. The van der Waals surface area contributed by atoms with Crippen LogP contribution in [0.2, 0.25) is 0 Å². The van der Waals surface area contributed by atoms with Gasteiger partial charge in [-0.1, -0.05) is 12.1 Å². The minimum atomic E-state index is -0.636. The van der Waals surface area contributed by atoms with Crippen molar-refractivity contribution in [3.05, 3.63) is 41.1 Å². The fourth-order valence-electron chi connectivity index (χ4n) is 2.68. The van der Waals surface area contributed by atoms with E-state index in [0.29, 0.717) is 11.3 Å². The minimum Gasteiger partial charge on any atom is -0.466 e. The fourth-order valence-corrected chi connectivity index (χ4v) is 2.68. The lowest BCUT2D eigenvalue weighted by atomic mass is 10.1. The number of ether oxygens (including phenoxy) is 1. The van der Waals surface area contributed by atoms with E-state index in [1.54, 1.807) is 24.3 Å². The first-order valence-corrected chi connectivity index (χ1v) is 8.58. The SMILES string of the molecule is COC(=O)C1=C(Nc2ccccc2C(=O)NC(C)(C)C)C(=O)N(CCO)C1. The molecule has 0 saturated carbocycles. The van der Waals surface area contributed by atoms with Crippen molar-refractivity contribution in [2.24, 2.45) is 0 Å². The van der Waals surface area contributed by atoms with Crippen LogP contribution in [0, 0.1) is 0 Å². The lowest BCUT2D eigenvalue weighted by Crippen LogP contribution is -2.40. The molecule has 8 nitrogen and oxygen atoms in total. The summed E-state index contributed by atoms with van der Waals surface area (Å²) in [6, 6.07) is 6.72. The highest BCUT2D eigenvalue weighted by atomic mass is 16.5. The molecule has 0 saturated heterocycles. The Kier molecular flexibility index (Phi) is 6.22. The van der Waals surface area contributed by atoms with Crippen LogP contribution in [0.1, 0.15) is 31.1 Å². The molecule has 0 aliphatic carbocycles. The zero-order valence-corrected chi connectivity index (χ0v) is 16.0. The highest BCUT2D eigenvalue weighted by molar-refractivity contribution is 6.10. The van der Waals surface area contributed by atoms with Crippen molar-refractivity contribution in [3.8, 4) is 0 Å². The molecule has 2 amide bonds. The number of para-hydroxylation sites is 1. The number of aliphatic hydroxyl groups excluding tert-OH is 1. The Labute approximate surface area is 158 Å². The number of aliphatic hydroxyl groups is 1. The summed E-state index contributed by atoms with van der Waals surface area (Å²) in [6.07, 6.45) is 0. The summed E-state index contributed by atoms with van der Waals surface area (Å²) in [4.78, 5) is 38.6. The average Bonchev–Trinajstić information content (AvgIpc) is 2.90. The average molecular weight is 375 g/mol. The molecule has 1 heterocycles. The summed E-state index contributed by atoms with van der Waals surface area (Å²) in [7, 11) is 1.23. The normalized spacial score (nSPS) is 14.4. The van der Waals surface area contributed by atoms with Crippen LogP contribution in [-0.2, 0) is 14.3 Å². The second-order valence-corrected chi connectivity index (χ2v) is 7.17. The van der Waals surface area contributed by atoms with E-state index >= 15 is 0 Å². The van der Waals surface area contributed by atoms with Gasteiger partial charge in [0.25, 0.3) is 11.8 Å². The van der Waals surface area contributed by atoms with Crippen LogP contribution < -0.4 is 10.6 Å². The van der Waals surface area contributed by atoms with Crippen molar-refractivity contribution >= 4 is 23.5 Å². The number of rotatable bonds is 6. The first-order chi connectivity index (χ1) is 12.7. The molecular formula is C19H25N3O5. The molecular weight excluding hydrogens is 350 g/mol. The zero-order valence-electron chi connectivity index (χ0n) is 16.0. The number of amides is 2. The smallest absolute Gasteiger partial charge is 0.337 e. The second-order valence-electron chi connectivity index (χ2n) is 7.17. The first kappa shape index (κ1) is 20.4. The number of carbonyl (C=O) groups excluding carboxylic acids is 3. The van der Waals surface area contributed by atoms with Gasteiger partial charge in [0.1, 0.15) is 5.70 Å². The molecule has 27 heavy (non-hydrogen) atoms. The maximum absolute atomic E-state index is 12.6. The van der Waals surface area contributed by atoms with Gasteiger partial charge in [-0.15, -0.1) is 0 Å². The highest BCUT2D eigenvalue weighted by Gasteiger charge is 2.35. The summed E-state index contributed by atoms with van der Waals surface area (Å²) >= 11 is 0. The van der Waals surface area contributed by atoms with E-state index in [1.807, 2.05) is 20.8 Å². The molecule has 3 N–H and O–H groups in total. The number of esters is 1. The molecule has 0 unspecified atom stereocenters. The van der Waals surface area contributed by atoms with Gasteiger partial charge in [-0.3, -0.25) is 9.59 Å². The molecule has 1 aliphatic rings. The summed E-state index contributed by atoms with van der Waals surface area (Å²) in [5, 5.41) is 14.9. The molecule has 8 heteroatoms. The van der Waals surface area contributed by atoms with Crippen LogP contribution in [0.3, 0.4) is 0 Å². The van der Waals surface area contributed by atoms with Gasteiger partial charge in [0, 0.05) is 12.1 Å². The summed E-state index contributed by atoms with van der Waals surface area (Å²) in [5.74, 6) is -1.37. The number of hydrogen-bond acceptors (Lipinski definition) is 6. The number of carbonyl (C=O) groups is 3. The third kappa shape index (κ3) is 4.85. The third-order valence-electron chi connectivity index (χ3n) is 3.87. The van der Waals surface area contributed by atoms with E-state index in [2.05, 4.69) is 10.6 Å². The van der Waals surface area contributed by atoms with Crippen molar-refractivity contribution in [1.29, 1.82) is 0 Å². The maximum atomic E-state index is 12.6. The first-order valence-electron chi connectivity index (χ1n) is 8.58.